The van der Waals surface area contributed by atoms with E-state index in [1.165, 1.54) is 0 Å². The van der Waals surface area contributed by atoms with Gasteiger partial charge in [0.05, 0.1) is 5.75 Å². The first-order chi connectivity index (χ1) is 15.2. The lowest BCUT2D eigenvalue weighted by molar-refractivity contribution is 0.581. The molecule has 2 N–H and O–H groups in total. The molecule has 0 radical (unpaired) electrons. The summed E-state index contributed by atoms with van der Waals surface area (Å²) in [6, 6.07) is 11.1. The van der Waals surface area contributed by atoms with Crippen LogP contribution < -0.4 is 14.9 Å². The maximum Gasteiger partial charge on any atom is 0.237 e. The average Bonchev–Trinajstić information content (AvgIpc) is 2.72. The number of hydrogen-bond acceptors (Lipinski definition) is 6. The Hall–Kier alpha value is -3.27. The van der Waals surface area contributed by atoms with Crippen LogP contribution in [-0.2, 0) is 15.8 Å². The van der Waals surface area contributed by atoms with Crippen molar-refractivity contribution in [1.29, 1.82) is 0 Å². The van der Waals surface area contributed by atoms with Crippen LogP contribution in [0, 0.1) is 18.6 Å². The van der Waals surface area contributed by atoms with Gasteiger partial charge in [-0.2, -0.15) is 0 Å². The van der Waals surface area contributed by atoms with Crippen molar-refractivity contribution in [2.24, 2.45) is 0 Å². The SMILES string of the molecule is CCN(CC)c1cc(Nc2ccc(NS(=O)(=O)Cc3cc(F)ccc3F)cc2)nc(C)n1. The number of benzene rings is 2. The van der Waals surface area contributed by atoms with Crippen molar-refractivity contribution < 1.29 is 17.2 Å². The van der Waals surface area contributed by atoms with Crippen LogP contribution in [0.4, 0.5) is 31.8 Å². The van der Waals surface area contributed by atoms with Crippen LogP contribution in [0.3, 0.4) is 0 Å². The number of nitrogens with zero attached hydrogens (tertiary/aromatic N) is 3. The lowest BCUT2D eigenvalue weighted by Gasteiger charge is -2.20. The van der Waals surface area contributed by atoms with Gasteiger partial charge in [0, 0.05) is 36.1 Å². The van der Waals surface area contributed by atoms with Crippen LogP contribution in [0.1, 0.15) is 25.2 Å². The van der Waals surface area contributed by atoms with E-state index in [1.54, 1.807) is 24.3 Å². The molecule has 3 rings (SSSR count). The quantitative estimate of drug-likeness (QED) is 0.485. The number of halogens is 2. The standard InChI is InChI=1S/C22H25F2N5O2S/c1-4-29(5-2)22-13-21(25-15(3)26-22)27-18-7-9-19(10-8-18)28-32(30,31)14-16-12-17(23)6-11-20(16)24/h6-13,28H,4-5,14H2,1-3H3,(H,25,26,27). The Labute approximate surface area is 186 Å². The molecule has 0 spiro atoms. The number of aryl methyl sites for hydroxylation is 1. The molecule has 0 aliphatic carbocycles. The highest BCUT2D eigenvalue weighted by atomic mass is 32.2. The Kier molecular flexibility index (Phi) is 7.24. The van der Waals surface area contributed by atoms with Gasteiger partial charge in [0.1, 0.15) is 29.1 Å². The smallest absolute Gasteiger partial charge is 0.237 e. The first-order valence-corrected chi connectivity index (χ1v) is 11.8. The van der Waals surface area contributed by atoms with Gasteiger partial charge in [-0.1, -0.05) is 0 Å². The van der Waals surface area contributed by atoms with Gasteiger partial charge in [0.25, 0.3) is 0 Å². The van der Waals surface area contributed by atoms with Crippen LogP contribution in [0.2, 0.25) is 0 Å². The van der Waals surface area contributed by atoms with E-state index in [0.29, 0.717) is 23.0 Å². The Morgan fingerprint density at radius 2 is 1.59 bits per heavy atom. The molecule has 0 fully saturated rings. The van der Waals surface area contributed by atoms with Gasteiger partial charge < -0.3 is 10.2 Å². The van der Waals surface area contributed by atoms with Crippen LogP contribution >= 0.6 is 0 Å². The van der Waals surface area contributed by atoms with E-state index in [0.717, 1.165) is 37.1 Å². The molecular formula is C22H25F2N5O2S. The summed E-state index contributed by atoms with van der Waals surface area (Å²) in [5.74, 6) is -0.0823. The van der Waals surface area contributed by atoms with E-state index in [-0.39, 0.29) is 5.56 Å². The van der Waals surface area contributed by atoms with Crippen molar-refractivity contribution in [1.82, 2.24) is 9.97 Å². The second-order valence-electron chi connectivity index (χ2n) is 7.13. The van der Waals surface area contributed by atoms with Gasteiger partial charge in [0.2, 0.25) is 10.0 Å². The summed E-state index contributed by atoms with van der Waals surface area (Å²) >= 11 is 0. The van der Waals surface area contributed by atoms with Gasteiger partial charge >= 0.3 is 0 Å². The van der Waals surface area contributed by atoms with Crippen molar-refractivity contribution in [3.05, 3.63) is 71.6 Å². The number of nitrogens with one attached hydrogen (secondary N) is 2. The van der Waals surface area contributed by atoms with Gasteiger partial charge in [-0.3, -0.25) is 4.72 Å². The Bertz CT molecular complexity index is 1180. The van der Waals surface area contributed by atoms with Crippen molar-refractivity contribution in [3.63, 3.8) is 0 Å². The van der Waals surface area contributed by atoms with Crippen LogP contribution in [0.25, 0.3) is 0 Å². The third-order valence-electron chi connectivity index (χ3n) is 4.70. The third-order valence-corrected chi connectivity index (χ3v) is 5.93. The molecule has 10 heteroatoms. The van der Waals surface area contributed by atoms with E-state index >= 15 is 0 Å². The highest BCUT2D eigenvalue weighted by molar-refractivity contribution is 7.91. The van der Waals surface area contributed by atoms with E-state index in [9.17, 15) is 17.2 Å². The largest absolute Gasteiger partial charge is 0.357 e. The first kappa shape index (κ1) is 23.4. The predicted octanol–water partition coefficient (Wildman–Crippen LogP) is 4.59. The molecule has 0 atom stereocenters. The summed E-state index contributed by atoms with van der Waals surface area (Å²) in [6.45, 7) is 7.56. The minimum absolute atomic E-state index is 0.237. The molecule has 0 bridgehead atoms. The Morgan fingerprint density at radius 3 is 2.25 bits per heavy atom. The molecular weight excluding hydrogens is 436 g/mol. The molecule has 0 aliphatic rings. The van der Waals surface area contributed by atoms with Gasteiger partial charge in [-0.25, -0.2) is 27.2 Å². The first-order valence-electron chi connectivity index (χ1n) is 10.1. The lowest BCUT2D eigenvalue weighted by Crippen LogP contribution is -2.23. The molecule has 0 saturated carbocycles. The topological polar surface area (TPSA) is 87.2 Å². The van der Waals surface area contributed by atoms with Crippen molar-refractivity contribution in [2.75, 3.05) is 28.0 Å². The van der Waals surface area contributed by atoms with E-state index in [1.807, 2.05) is 13.0 Å². The zero-order valence-corrected chi connectivity index (χ0v) is 18.9. The normalized spacial score (nSPS) is 11.3. The fourth-order valence-electron chi connectivity index (χ4n) is 3.17. The number of rotatable bonds is 9. The molecule has 1 aromatic heterocycles. The maximum absolute atomic E-state index is 13.8. The van der Waals surface area contributed by atoms with Crippen molar-refractivity contribution in [2.45, 2.75) is 26.5 Å². The molecule has 3 aromatic rings. The summed E-state index contributed by atoms with van der Waals surface area (Å²) in [4.78, 5) is 11.0. The highest BCUT2D eigenvalue weighted by Crippen LogP contribution is 2.22. The predicted molar refractivity (Wildman–Crippen MR) is 123 cm³/mol. The fraction of sp³-hybridized carbons (Fsp3) is 0.273. The van der Waals surface area contributed by atoms with Crippen LogP contribution in [-0.4, -0.2) is 31.5 Å². The summed E-state index contributed by atoms with van der Waals surface area (Å²) in [6.07, 6.45) is 0. The summed E-state index contributed by atoms with van der Waals surface area (Å²) < 4.78 is 54.2. The number of anilines is 4. The zero-order chi connectivity index (χ0) is 23.3. The molecule has 7 nitrogen and oxygen atoms in total. The van der Waals surface area contributed by atoms with E-state index in [2.05, 4.69) is 38.8 Å². The Balaban J connectivity index is 1.71. The molecule has 1 heterocycles. The average molecular weight is 462 g/mol. The number of aromatic nitrogens is 2. The van der Waals surface area contributed by atoms with Crippen LogP contribution in [0.5, 0.6) is 0 Å². The van der Waals surface area contributed by atoms with Crippen molar-refractivity contribution >= 4 is 33.0 Å². The fourth-order valence-corrected chi connectivity index (χ4v) is 4.37. The highest BCUT2D eigenvalue weighted by Gasteiger charge is 2.16. The minimum atomic E-state index is -3.93. The molecule has 170 valence electrons. The van der Waals surface area contributed by atoms with Gasteiger partial charge in [-0.05, 0) is 63.2 Å². The van der Waals surface area contributed by atoms with Crippen LogP contribution in [0.15, 0.2) is 48.5 Å². The summed E-state index contributed by atoms with van der Waals surface area (Å²) in [5.41, 5.74) is 0.765. The number of sulfonamides is 1. The number of hydrogen-bond donors (Lipinski definition) is 2. The zero-order valence-electron chi connectivity index (χ0n) is 18.1. The second-order valence-corrected chi connectivity index (χ2v) is 8.85. The van der Waals surface area contributed by atoms with E-state index in [4.69, 9.17) is 0 Å². The lowest BCUT2D eigenvalue weighted by atomic mass is 10.2. The minimum Gasteiger partial charge on any atom is -0.357 e. The molecule has 2 aromatic carbocycles. The monoisotopic (exact) mass is 461 g/mol. The van der Waals surface area contributed by atoms with Crippen molar-refractivity contribution in [3.8, 4) is 0 Å². The molecule has 32 heavy (non-hydrogen) atoms. The summed E-state index contributed by atoms with van der Waals surface area (Å²) in [7, 11) is -3.93. The molecule has 0 saturated heterocycles. The Morgan fingerprint density at radius 1 is 0.938 bits per heavy atom. The summed E-state index contributed by atoms with van der Waals surface area (Å²) in [5, 5.41) is 3.19. The van der Waals surface area contributed by atoms with Gasteiger partial charge in [0.15, 0.2) is 0 Å². The maximum atomic E-state index is 13.8. The molecule has 0 amide bonds. The van der Waals surface area contributed by atoms with Gasteiger partial charge in [-0.15, -0.1) is 0 Å². The molecule has 0 unspecified atom stereocenters. The third kappa shape index (κ3) is 6.13. The molecule has 0 aliphatic heterocycles. The van der Waals surface area contributed by atoms with E-state index < -0.39 is 27.4 Å². The second kappa shape index (κ2) is 9.90.